The Morgan fingerprint density at radius 3 is 3.00 bits per heavy atom. The van der Waals surface area contributed by atoms with Crippen molar-refractivity contribution >= 4 is 11.8 Å². The molecule has 1 heterocycles. The first-order valence-corrected chi connectivity index (χ1v) is 7.21. The molecule has 1 aliphatic heterocycles. The van der Waals surface area contributed by atoms with E-state index >= 15 is 0 Å². The van der Waals surface area contributed by atoms with E-state index in [-0.39, 0.29) is 11.8 Å². The van der Waals surface area contributed by atoms with E-state index in [9.17, 15) is 9.59 Å². The van der Waals surface area contributed by atoms with E-state index in [1.807, 2.05) is 23.1 Å². The monoisotopic (exact) mass is 290 g/mol. The first kappa shape index (κ1) is 15.5. The average Bonchev–Trinajstić information content (AvgIpc) is 2.84. The summed E-state index contributed by atoms with van der Waals surface area (Å²) in [5.41, 5.74) is 1.76. The number of likely N-dealkylation sites (tertiary alicyclic amines) is 1. The third kappa shape index (κ3) is 4.04. The van der Waals surface area contributed by atoms with E-state index in [2.05, 4.69) is 5.32 Å². The van der Waals surface area contributed by atoms with Crippen molar-refractivity contribution in [3.05, 3.63) is 35.4 Å². The van der Waals surface area contributed by atoms with Gasteiger partial charge in [-0.2, -0.15) is 0 Å². The van der Waals surface area contributed by atoms with Crippen molar-refractivity contribution in [3.63, 3.8) is 0 Å². The highest BCUT2D eigenvalue weighted by Gasteiger charge is 2.29. The van der Waals surface area contributed by atoms with Crippen LogP contribution in [0, 0.1) is 5.92 Å². The largest absolute Gasteiger partial charge is 0.383 e. The van der Waals surface area contributed by atoms with E-state index in [4.69, 9.17) is 4.74 Å². The number of carbonyl (C=O) groups excluding carboxylic acids is 2. The second-order valence-corrected chi connectivity index (χ2v) is 5.39. The number of rotatable bonds is 6. The number of hydrogen-bond donors (Lipinski definition) is 1. The summed E-state index contributed by atoms with van der Waals surface area (Å²) in [4.78, 5) is 25.4. The molecular weight excluding hydrogens is 268 g/mol. The van der Waals surface area contributed by atoms with Crippen molar-refractivity contribution < 1.29 is 14.3 Å². The number of nitrogens with one attached hydrogen (secondary N) is 1. The summed E-state index contributed by atoms with van der Waals surface area (Å²) in [6.45, 7) is 2.00. The van der Waals surface area contributed by atoms with Crippen LogP contribution in [0.4, 0.5) is 0 Å². The molecule has 0 radical (unpaired) electrons. The van der Waals surface area contributed by atoms with Gasteiger partial charge in [0.25, 0.3) is 5.91 Å². The Morgan fingerprint density at radius 1 is 1.48 bits per heavy atom. The van der Waals surface area contributed by atoms with Gasteiger partial charge in [0, 0.05) is 39.2 Å². The van der Waals surface area contributed by atoms with Crippen LogP contribution in [0.15, 0.2) is 24.3 Å². The smallest absolute Gasteiger partial charge is 0.251 e. The minimum Gasteiger partial charge on any atom is -0.383 e. The quantitative estimate of drug-likeness (QED) is 0.853. The summed E-state index contributed by atoms with van der Waals surface area (Å²) in [6.07, 6.45) is 1.40. The van der Waals surface area contributed by atoms with Crippen LogP contribution < -0.4 is 5.32 Å². The molecule has 1 aromatic carbocycles. The van der Waals surface area contributed by atoms with Gasteiger partial charge in [0.1, 0.15) is 0 Å². The predicted octanol–water partition coefficient (Wildman–Crippen LogP) is 1.08. The van der Waals surface area contributed by atoms with E-state index < -0.39 is 0 Å². The van der Waals surface area contributed by atoms with Gasteiger partial charge in [0.05, 0.1) is 6.61 Å². The van der Waals surface area contributed by atoms with Gasteiger partial charge in [0.2, 0.25) is 5.91 Å². The summed E-state index contributed by atoms with van der Waals surface area (Å²) >= 11 is 0. The molecule has 5 heteroatoms. The topological polar surface area (TPSA) is 58.6 Å². The zero-order chi connectivity index (χ0) is 15.2. The summed E-state index contributed by atoms with van der Waals surface area (Å²) in [5, 5.41) is 2.62. The molecule has 2 rings (SSSR count). The predicted molar refractivity (Wildman–Crippen MR) is 80.1 cm³/mol. The third-order valence-corrected chi connectivity index (χ3v) is 3.80. The molecule has 0 saturated carbocycles. The lowest BCUT2D eigenvalue weighted by Gasteiger charge is -2.16. The molecule has 5 nitrogen and oxygen atoms in total. The van der Waals surface area contributed by atoms with Gasteiger partial charge in [0.15, 0.2) is 0 Å². The highest BCUT2D eigenvalue weighted by Crippen LogP contribution is 2.22. The van der Waals surface area contributed by atoms with Crippen molar-refractivity contribution in [1.29, 1.82) is 0 Å². The molecule has 1 N–H and O–H groups in total. The molecule has 1 aliphatic rings. The van der Waals surface area contributed by atoms with E-state index in [0.717, 1.165) is 18.5 Å². The Bertz CT molecular complexity index is 516. The van der Waals surface area contributed by atoms with E-state index in [0.29, 0.717) is 31.1 Å². The van der Waals surface area contributed by atoms with Crippen LogP contribution in [0.3, 0.4) is 0 Å². The normalized spacial score (nSPS) is 18.1. The Labute approximate surface area is 125 Å². The number of nitrogens with zero attached hydrogens (tertiary/aromatic N) is 1. The van der Waals surface area contributed by atoms with Crippen LogP contribution >= 0.6 is 0 Å². The van der Waals surface area contributed by atoms with E-state index in [1.165, 1.54) is 0 Å². The van der Waals surface area contributed by atoms with Gasteiger partial charge in [-0.3, -0.25) is 9.59 Å². The molecule has 0 aliphatic carbocycles. The molecule has 0 bridgehead atoms. The molecule has 1 atom stereocenters. The molecule has 1 fully saturated rings. The Balaban J connectivity index is 1.96. The molecule has 2 amide bonds. The summed E-state index contributed by atoms with van der Waals surface area (Å²) in [6, 6.07) is 7.60. The van der Waals surface area contributed by atoms with Crippen molar-refractivity contribution in [2.45, 2.75) is 12.8 Å². The zero-order valence-corrected chi connectivity index (χ0v) is 12.6. The van der Waals surface area contributed by atoms with Crippen LogP contribution in [0.5, 0.6) is 0 Å². The van der Waals surface area contributed by atoms with Crippen LogP contribution in [-0.2, 0) is 16.0 Å². The molecule has 114 valence electrons. The number of ether oxygens (including phenoxy) is 1. The van der Waals surface area contributed by atoms with Crippen molar-refractivity contribution in [2.24, 2.45) is 5.92 Å². The van der Waals surface area contributed by atoms with Gasteiger partial charge in [-0.1, -0.05) is 12.1 Å². The molecule has 0 aromatic heterocycles. The first-order valence-electron chi connectivity index (χ1n) is 7.21. The van der Waals surface area contributed by atoms with Crippen molar-refractivity contribution in [3.8, 4) is 0 Å². The van der Waals surface area contributed by atoms with Crippen LogP contribution in [0.25, 0.3) is 0 Å². The Morgan fingerprint density at radius 2 is 2.29 bits per heavy atom. The van der Waals surface area contributed by atoms with Crippen LogP contribution in [-0.4, -0.2) is 50.6 Å². The first-order chi connectivity index (χ1) is 10.1. The molecule has 0 spiro atoms. The fraction of sp³-hybridized carbons (Fsp3) is 0.500. The summed E-state index contributed by atoms with van der Waals surface area (Å²) in [7, 11) is 3.26. The Hall–Kier alpha value is -1.88. The highest BCUT2D eigenvalue weighted by molar-refractivity contribution is 5.94. The van der Waals surface area contributed by atoms with Crippen LogP contribution in [0.2, 0.25) is 0 Å². The minimum absolute atomic E-state index is 0.0823. The van der Waals surface area contributed by atoms with Gasteiger partial charge in [-0.25, -0.2) is 0 Å². The standard InChI is InChI=1S/C16H22N2O3/c1-17-16(20)14-5-3-4-12(9-14)8-13-10-15(19)18(11-13)6-7-21-2/h3-5,9,13H,6-8,10-11H2,1-2H3,(H,17,20)/t13-/m0/s1. The lowest BCUT2D eigenvalue weighted by molar-refractivity contribution is -0.128. The van der Waals surface area contributed by atoms with Gasteiger partial charge >= 0.3 is 0 Å². The van der Waals surface area contributed by atoms with Gasteiger partial charge in [-0.05, 0) is 30.0 Å². The highest BCUT2D eigenvalue weighted by atomic mass is 16.5. The SMILES string of the molecule is CNC(=O)c1cccc(C[C@H]2CC(=O)N(CCOC)C2)c1. The molecule has 1 aromatic rings. The second kappa shape index (κ2) is 7.22. The number of methoxy groups -OCH3 is 1. The molecule has 21 heavy (non-hydrogen) atoms. The molecular formula is C16H22N2O3. The maximum Gasteiger partial charge on any atom is 0.251 e. The van der Waals surface area contributed by atoms with Gasteiger partial charge in [-0.15, -0.1) is 0 Å². The van der Waals surface area contributed by atoms with Crippen LogP contribution in [0.1, 0.15) is 22.3 Å². The number of hydrogen-bond acceptors (Lipinski definition) is 3. The molecule has 1 saturated heterocycles. The fourth-order valence-electron chi connectivity index (χ4n) is 2.73. The number of benzene rings is 1. The van der Waals surface area contributed by atoms with Crippen molar-refractivity contribution in [1.82, 2.24) is 10.2 Å². The number of amides is 2. The summed E-state index contributed by atoms with van der Waals surface area (Å²) in [5.74, 6) is 0.426. The average molecular weight is 290 g/mol. The summed E-state index contributed by atoms with van der Waals surface area (Å²) < 4.78 is 5.02. The fourth-order valence-corrected chi connectivity index (χ4v) is 2.73. The maximum atomic E-state index is 11.9. The minimum atomic E-state index is -0.0823. The Kier molecular flexibility index (Phi) is 5.33. The van der Waals surface area contributed by atoms with E-state index in [1.54, 1.807) is 20.2 Å². The number of carbonyl (C=O) groups is 2. The van der Waals surface area contributed by atoms with Crippen molar-refractivity contribution in [2.75, 3.05) is 33.9 Å². The zero-order valence-electron chi connectivity index (χ0n) is 12.6. The lowest BCUT2D eigenvalue weighted by atomic mass is 9.97. The maximum absolute atomic E-state index is 11.9. The third-order valence-electron chi connectivity index (χ3n) is 3.80. The van der Waals surface area contributed by atoms with Gasteiger partial charge < -0.3 is 15.0 Å². The lowest BCUT2D eigenvalue weighted by Crippen LogP contribution is -2.28. The second-order valence-electron chi connectivity index (χ2n) is 5.39. The molecule has 0 unspecified atom stereocenters.